The second kappa shape index (κ2) is 6.05. The lowest BCUT2D eigenvalue weighted by molar-refractivity contribution is 0.386. The van der Waals surface area contributed by atoms with Crippen LogP contribution >= 0.6 is 0 Å². The third kappa shape index (κ3) is 2.49. The zero-order chi connectivity index (χ0) is 15.5. The standard InChI is InChI=1S/C19H19N3/c1-21(2)12-13-22-17-11-7-6-10-16(17)19(18(22)14-20)15-8-4-3-5-9-15/h3-11H,12-13H2,1-2H3. The fraction of sp³-hybridized carbons (Fsp3) is 0.211. The first-order chi connectivity index (χ1) is 10.7. The van der Waals surface area contributed by atoms with Crippen molar-refractivity contribution < 1.29 is 0 Å². The number of benzene rings is 2. The second-order valence-electron chi connectivity index (χ2n) is 5.67. The minimum absolute atomic E-state index is 0.745. The van der Waals surface area contributed by atoms with Crippen molar-refractivity contribution in [3.8, 4) is 17.2 Å². The fourth-order valence-corrected chi connectivity index (χ4v) is 2.85. The minimum atomic E-state index is 0.745. The quantitative estimate of drug-likeness (QED) is 0.733. The van der Waals surface area contributed by atoms with Crippen molar-refractivity contribution >= 4 is 10.9 Å². The van der Waals surface area contributed by atoms with Crippen molar-refractivity contribution in [2.24, 2.45) is 0 Å². The lowest BCUT2D eigenvalue weighted by atomic mass is 10.0. The molecule has 110 valence electrons. The molecule has 0 radical (unpaired) electrons. The van der Waals surface area contributed by atoms with E-state index in [1.165, 1.54) is 0 Å². The number of fused-ring (bicyclic) bond motifs is 1. The molecule has 0 atom stereocenters. The summed E-state index contributed by atoms with van der Waals surface area (Å²) in [6, 6.07) is 20.9. The van der Waals surface area contributed by atoms with Gasteiger partial charge in [-0.1, -0.05) is 48.5 Å². The second-order valence-corrected chi connectivity index (χ2v) is 5.67. The summed E-state index contributed by atoms with van der Waals surface area (Å²) in [6.45, 7) is 1.71. The van der Waals surface area contributed by atoms with Gasteiger partial charge in [0.15, 0.2) is 0 Å². The van der Waals surface area contributed by atoms with Crippen LogP contribution in [0, 0.1) is 11.3 Å². The van der Waals surface area contributed by atoms with Crippen molar-refractivity contribution in [3.63, 3.8) is 0 Å². The Morgan fingerprint density at radius 3 is 2.36 bits per heavy atom. The summed E-state index contributed by atoms with van der Waals surface area (Å²) >= 11 is 0. The average molecular weight is 289 g/mol. The smallest absolute Gasteiger partial charge is 0.129 e. The van der Waals surface area contributed by atoms with E-state index in [0.717, 1.165) is 40.8 Å². The molecular weight excluding hydrogens is 270 g/mol. The summed E-state index contributed by atoms with van der Waals surface area (Å²) in [4.78, 5) is 2.14. The average Bonchev–Trinajstić information content (AvgIpc) is 2.87. The van der Waals surface area contributed by atoms with E-state index in [-0.39, 0.29) is 0 Å². The summed E-state index contributed by atoms with van der Waals surface area (Å²) in [5, 5.41) is 10.9. The monoisotopic (exact) mass is 289 g/mol. The number of nitriles is 1. The zero-order valence-corrected chi connectivity index (χ0v) is 13.0. The molecule has 3 aromatic rings. The highest BCUT2D eigenvalue weighted by molar-refractivity contribution is 5.99. The Bertz CT molecular complexity index is 823. The molecule has 0 saturated heterocycles. The van der Waals surface area contributed by atoms with Crippen LogP contribution in [0.5, 0.6) is 0 Å². The maximum Gasteiger partial charge on any atom is 0.129 e. The van der Waals surface area contributed by atoms with Gasteiger partial charge in [-0.05, 0) is 25.7 Å². The van der Waals surface area contributed by atoms with Gasteiger partial charge in [-0.25, -0.2) is 0 Å². The Morgan fingerprint density at radius 1 is 1.00 bits per heavy atom. The van der Waals surface area contributed by atoms with Gasteiger partial charge in [0.05, 0.1) is 0 Å². The van der Waals surface area contributed by atoms with Crippen LogP contribution in [-0.2, 0) is 6.54 Å². The van der Waals surface area contributed by atoms with E-state index in [2.05, 4.69) is 53.9 Å². The first kappa shape index (κ1) is 14.4. The lowest BCUT2D eigenvalue weighted by Gasteiger charge is -2.12. The Hall–Kier alpha value is -2.57. The van der Waals surface area contributed by atoms with Gasteiger partial charge in [0.2, 0.25) is 0 Å². The molecule has 0 spiro atoms. The van der Waals surface area contributed by atoms with E-state index in [9.17, 15) is 5.26 Å². The fourth-order valence-electron chi connectivity index (χ4n) is 2.85. The van der Waals surface area contributed by atoms with Crippen LogP contribution in [-0.4, -0.2) is 30.1 Å². The third-order valence-corrected chi connectivity index (χ3v) is 3.91. The topological polar surface area (TPSA) is 32.0 Å². The molecule has 0 bridgehead atoms. The third-order valence-electron chi connectivity index (χ3n) is 3.91. The summed E-state index contributed by atoms with van der Waals surface area (Å²) in [7, 11) is 4.10. The molecule has 0 saturated carbocycles. The highest BCUT2D eigenvalue weighted by Gasteiger charge is 2.17. The summed E-state index contributed by atoms with van der Waals surface area (Å²) < 4.78 is 2.14. The predicted octanol–water partition coefficient (Wildman–Crippen LogP) is 3.74. The van der Waals surface area contributed by atoms with Crippen molar-refractivity contribution in [3.05, 3.63) is 60.3 Å². The normalized spacial score (nSPS) is 11.0. The summed E-state index contributed by atoms with van der Waals surface area (Å²) in [5.41, 5.74) is 4.00. The van der Waals surface area contributed by atoms with E-state index in [1.54, 1.807) is 0 Å². The van der Waals surface area contributed by atoms with E-state index in [1.807, 2.05) is 30.3 Å². The number of rotatable bonds is 4. The highest BCUT2D eigenvalue weighted by atomic mass is 15.1. The lowest BCUT2D eigenvalue weighted by Crippen LogP contribution is -2.19. The summed E-state index contributed by atoms with van der Waals surface area (Å²) in [5.74, 6) is 0. The molecule has 0 unspecified atom stereocenters. The van der Waals surface area contributed by atoms with Gasteiger partial charge in [-0.15, -0.1) is 0 Å². The zero-order valence-electron chi connectivity index (χ0n) is 13.0. The molecule has 0 aliphatic heterocycles. The molecule has 22 heavy (non-hydrogen) atoms. The minimum Gasteiger partial charge on any atom is -0.331 e. The van der Waals surface area contributed by atoms with Crippen molar-refractivity contribution in [1.82, 2.24) is 9.47 Å². The first-order valence-electron chi connectivity index (χ1n) is 7.44. The molecule has 3 heteroatoms. The van der Waals surface area contributed by atoms with Crippen LogP contribution in [0.3, 0.4) is 0 Å². The van der Waals surface area contributed by atoms with E-state index in [4.69, 9.17) is 0 Å². The van der Waals surface area contributed by atoms with Gasteiger partial charge in [0.1, 0.15) is 11.8 Å². The highest BCUT2D eigenvalue weighted by Crippen LogP contribution is 2.34. The Labute approximate surface area is 131 Å². The molecule has 0 aliphatic carbocycles. The molecule has 0 fully saturated rings. The van der Waals surface area contributed by atoms with E-state index in [0.29, 0.717) is 0 Å². The van der Waals surface area contributed by atoms with Gasteiger partial charge in [-0.3, -0.25) is 0 Å². The molecule has 1 heterocycles. The maximum atomic E-state index is 9.74. The molecule has 0 amide bonds. The van der Waals surface area contributed by atoms with Gasteiger partial charge < -0.3 is 9.47 Å². The van der Waals surface area contributed by atoms with Gasteiger partial charge >= 0.3 is 0 Å². The molecule has 0 N–H and O–H groups in total. The van der Waals surface area contributed by atoms with Gasteiger partial charge in [0.25, 0.3) is 0 Å². The number of hydrogen-bond donors (Lipinski definition) is 0. The van der Waals surface area contributed by atoms with Crippen molar-refractivity contribution in [1.29, 1.82) is 5.26 Å². The molecule has 1 aromatic heterocycles. The number of nitrogens with zero attached hydrogens (tertiary/aromatic N) is 3. The van der Waals surface area contributed by atoms with Crippen LogP contribution in [0.2, 0.25) is 0 Å². The van der Waals surface area contributed by atoms with Crippen LogP contribution in [0.15, 0.2) is 54.6 Å². The van der Waals surface area contributed by atoms with Gasteiger partial charge in [0, 0.05) is 29.6 Å². The number of likely N-dealkylation sites (N-methyl/N-ethyl adjacent to an activating group) is 1. The van der Waals surface area contributed by atoms with Crippen molar-refractivity contribution in [2.75, 3.05) is 20.6 Å². The Kier molecular flexibility index (Phi) is 3.95. The molecular formula is C19H19N3. The molecule has 3 nitrogen and oxygen atoms in total. The first-order valence-corrected chi connectivity index (χ1v) is 7.44. The van der Waals surface area contributed by atoms with E-state index >= 15 is 0 Å². The van der Waals surface area contributed by atoms with Gasteiger partial charge in [-0.2, -0.15) is 5.26 Å². The largest absolute Gasteiger partial charge is 0.331 e. The number of aromatic nitrogens is 1. The maximum absolute atomic E-state index is 9.74. The Morgan fingerprint density at radius 2 is 1.68 bits per heavy atom. The van der Waals surface area contributed by atoms with Crippen LogP contribution in [0.4, 0.5) is 0 Å². The Balaban J connectivity index is 2.26. The van der Waals surface area contributed by atoms with Crippen molar-refractivity contribution in [2.45, 2.75) is 6.54 Å². The molecule has 0 aliphatic rings. The molecule has 3 rings (SSSR count). The predicted molar refractivity (Wildman–Crippen MR) is 90.6 cm³/mol. The SMILES string of the molecule is CN(C)CCn1c(C#N)c(-c2ccccc2)c2ccccc21. The number of para-hydroxylation sites is 1. The van der Waals surface area contributed by atoms with E-state index < -0.39 is 0 Å². The number of hydrogen-bond acceptors (Lipinski definition) is 2. The summed E-state index contributed by atoms with van der Waals surface area (Å²) in [6.07, 6.45) is 0. The van der Waals surface area contributed by atoms with Crippen LogP contribution < -0.4 is 0 Å². The van der Waals surface area contributed by atoms with Crippen LogP contribution in [0.25, 0.3) is 22.0 Å². The molecule has 2 aromatic carbocycles. The van der Waals surface area contributed by atoms with Crippen LogP contribution in [0.1, 0.15) is 5.69 Å².